The quantitative estimate of drug-likeness (QED) is 0.635. The normalized spacial score (nSPS) is 19.8. The molecule has 0 amide bonds. The lowest BCUT2D eigenvalue weighted by atomic mass is 10.0. The van der Waals surface area contributed by atoms with Crippen LogP contribution in [0.1, 0.15) is 12.8 Å². The molecular weight excluding hydrogens is 310 g/mol. The fourth-order valence-corrected chi connectivity index (χ4v) is 4.13. The molecule has 1 heterocycles. The number of piperidine rings is 1. The van der Waals surface area contributed by atoms with Crippen LogP contribution in [0.5, 0.6) is 5.75 Å². The molecule has 122 valence electrons. The van der Waals surface area contributed by atoms with Gasteiger partial charge in [0.05, 0.1) is 16.9 Å². The van der Waals surface area contributed by atoms with Gasteiger partial charge in [-0.05, 0) is 37.4 Å². The largest absolute Gasteiger partial charge is 0.490 e. The van der Waals surface area contributed by atoms with Crippen molar-refractivity contribution in [1.29, 1.82) is 0 Å². The number of hydrogen-bond donors (Lipinski definition) is 1. The van der Waals surface area contributed by atoms with Crippen LogP contribution in [0.3, 0.4) is 0 Å². The summed E-state index contributed by atoms with van der Waals surface area (Å²) in [6.07, 6.45) is 1.63. The molecule has 0 aliphatic carbocycles. The van der Waals surface area contributed by atoms with Crippen LogP contribution in [-0.4, -0.2) is 44.4 Å². The zero-order valence-electron chi connectivity index (χ0n) is 12.3. The first-order valence-electron chi connectivity index (χ1n) is 6.92. The van der Waals surface area contributed by atoms with Crippen LogP contribution in [0.2, 0.25) is 0 Å². The maximum atomic E-state index is 12.6. The summed E-state index contributed by atoms with van der Waals surface area (Å²) in [4.78, 5) is 10.3. The van der Waals surface area contributed by atoms with Crippen LogP contribution in [0.4, 0.5) is 5.69 Å². The van der Waals surface area contributed by atoms with E-state index in [1.807, 2.05) is 0 Å². The predicted molar refractivity (Wildman–Crippen MR) is 80.2 cm³/mol. The van der Waals surface area contributed by atoms with Gasteiger partial charge in [0, 0.05) is 19.2 Å². The fourth-order valence-electron chi connectivity index (χ4n) is 2.56. The summed E-state index contributed by atoms with van der Waals surface area (Å²) >= 11 is 0. The minimum atomic E-state index is -3.77. The maximum Gasteiger partial charge on any atom is 0.312 e. The van der Waals surface area contributed by atoms with E-state index in [1.165, 1.54) is 23.5 Å². The van der Waals surface area contributed by atoms with E-state index in [1.54, 1.807) is 0 Å². The molecule has 1 aromatic carbocycles. The standard InChI is InChI=1S/C13H19N3O5S/c1-21-13-5-4-11(7-12(13)16(17)18)22(19,20)15-6-2-3-10(8-14)9-15/h4-5,7,10H,2-3,6,8-9,14H2,1H3. The Morgan fingerprint density at radius 2 is 2.23 bits per heavy atom. The molecule has 0 saturated carbocycles. The topological polar surface area (TPSA) is 116 Å². The van der Waals surface area contributed by atoms with Crippen LogP contribution < -0.4 is 10.5 Å². The van der Waals surface area contributed by atoms with Gasteiger partial charge in [-0.3, -0.25) is 10.1 Å². The molecule has 1 atom stereocenters. The van der Waals surface area contributed by atoms with E-state index >= 15 is 0 Å². The molecule has 0 radical (unpaired) electrons. The highest BCUT2D eigenvalue weighted by Crippen LogP contribution is 2.31. The Hall–Kier alpha value is -1.71. The van der Waals surface area contributed by atoms with E-state index in [2.05, 4.69) is 0 Å². The average Bonchev–Trinajstić information content (AvgIpc) is 2.54. The number of nitrogens with zero attached hydrogens (tertiary/aromatic N) is 2. The molecule has 1 aliphatic heterocycles. The number of hydrogen-bond acceptors (Lipinski definition) is 6. The summed E-state index contributed by atoms with van der Waals surface area (Å²) in [6.45, 7) is 1.17. The predicted octanol–water partition coefficient (Wildman–Crippen LogP) is 0.963. The van der Waals surface area contributed by atoms with E-state index in [4.69, 9.17) is 10.5 Å². The van der Waals surface area contributed by atoms with Crippen molar-refractivity contribution >= 4 is 15.7 Å². The number of nitro groups is 1. The first-order valence-corrected chi connectivity index (χ1v) is 8.36. The average molecular weight is 329 g/mol. The Morgan fingerprint density at radius 3 is 2.82 bits per heavy atom. The number of benzene rings is 1. The fraction of sp³-hybridized carbons (Fsp3) is 0.538. The van der Waals surface area contributed by atoms with Crippen molar-refractivity contribution in [2.75, 3.05) is 26.7 Å². The summed E-state index contributed by atoms with van der Waals surface area (Å²) in [5, 5.41) is 11.0. The molecule has 9 heteroatoms. The Labute approximate surface area is 129 Å². The first-order chi connectivity index (χ1) is 10.4. The van der Waals surface area contributed by atoms with Crippen molar-refractivity contribution in [2.24, 2.45) is 11.7 Å². The summed E-state index contributed by atoms with van der Waals surface area (Å²) in [5.74, 6) is 0.152. The zero-order chi connectivity index (χ0) is 16.3. The number of sulfonamides is 1. The van der Waals surface area contributed by atoms with Crippen LogP contribution in [0, 0.1) is 16.0 Å². The summed E-state index contributed by atoms with van der Waals surface area (Å²) in [6, 6.07) is 3.67. The van der Waals surface area contributed by atoms with Gasteiger partial charge in [0.2, 0.25) is 10.0 Å². The van der Waals surface area contributed by atoms with Crippen molar-refractivity contribution < 1.29 is 18.1 Å². The van der Waals surface area contributed by atoms with Crippen molar-refractivity contribution in [3.8, 4) is 5.75 Å². The molecule has 0 bridgehead atoms. The summed E-state index contributed by atoms with van der Waals surface area (Å²) in [7, 11) is -2.47. The summed E-state index contributed by atoms with van der Waals surface area (Å²) < 4.78 is 31.5. The van der Waals surface area contributed by atoms with Crippen LogP contribution >= 0.6 is 0 Å². The molecule has 1 aliphatic rings. The molecule has 2 N–H and O–H groups in total. The highest BCUT2D eigenvalue weighted by Gasteiger charge is 2.31. The molecule has 0 spiro atoms. The van der Waals surface area contributed by atoms with Gasteiger partial charge in [-0.1, -0.05) is 0 Å². The molecule has 22 heavy (non-hydrogen) atoms. The lowest BCUT2D eigenvalue weighted by Crippen LogP contribution is -2.41. The van der Waals surface area contributed by atoms with Gasteiger partial charge < -0.3 is 10.5 Å². The lowest BCUT2D eigenvalue weighted by Gasteiger charge is -2.31. The van der Waals surface area contributed by atoms with Gasteiger partial charge in [0.15, 0.2) is 5.75 Å². The smallest absolute Gasteiger partial charge is 0.312 e. The Kier molecular flexibility index (Phi) is 4.99. The van der Waals surface area contributed by atoms with Gasteiger partial charge in [0.25, 0.3) is 0 Å². The van der Waals surface area contributed by atoms with E-state index in [0.717, 1.165) is 18.9 Å². The number of nitro benzene ring substituents is 1. The molecule has 1 saturated heterocycles. The van der Waals surface area contributed by atoms with Gasteiger partial charge in [-0.15, -0.1) is 0 Å². The highest BCUT2D eigenvalue weighted by molar-refractivity contribution is 7.89. The van der Waals surface area contributed by atoms with Gasteiger partial charge in [-0.25, -0.2) is 8.42 Å². The second-order valence-corrected chi connectivity index (χ2v) is 7.14. The third-order valence-corrected chi connectivity index (χ3v) is 5.66. The van der Waals surface area contributed by atoms with Crippen LogP contribution in [-0.2, 0) is 10.0 Å². The minimum Gasteiger partial charge on any atom is -0.490 e. The maximum absolute atomic E-state index is 12.6. The molecule has 1 fully saturated rings. The van der Waals surface area contributed by atoms with E-state index in [-0.39, 0.29) is 22.3 Å². The van der Waals surface area contributed by atoms with Crippen molar-refractivity contribution in [3.63, 3.8) is 0 Å². The van der Waals surface area contributed by atoms with E-state index in [9.17, 15) is 18.5 Å². The van der Waals surface area contributed by atoms with Crippen molar-refractivity contribution in [1.82, 2.24) is 4.31 Å². The van der Waals surface area contributed by atoms with Crippen LogP contribution in [0.25, 0.3) is 0 Å². The molecular formula is C13H19N3O5S. The Balaban J connectivity index is 2.37. The third kappa shape index (κ3) is 3.21. The van der Waals surface area contributed by atoms with Crippen molar-refractivity contribution in [2.45, 2.75) is 17.7 Å². The Morgan fingerprint density at radius 1 is 1.50 bits per heavy atom. The number of rotatable bonds is 5. The number of nitrogens with two attached hydrogens (primary N) is 1. The highest BCUT2D eigenvalue weighted by atomic mass is 32.2. The lowest BCUT2D eigenvalue weighted by molar-refractivity contribution is -0.386. The van der Waals surface area contributed by atoms with Gasteiger partial charge in [-0.2, -0.15) is 4.31 Å². The monoisotopic (exact) mass is 329 g/mol. The summed E-state index contributed by atoms with van der Waals surface area (Å²) in [5.41, 5.74) is 5.26. The SMILES string of the molecule is COc1ccc(S(=O)(=O)N2CCCC(CN)C2)cc1[N+](=O)[O-]. The molecule has 8 nitrogen and oxygen atoms in total. The number of ether oxygens (including phenoxy) is 1. The van der Waals surface area contributed by atoms with Crippen LogP contribution in [0.15, 0.2) is 23.1 Å². The molecule has 1 aromatic rings. The Bertz CT molecular complexity index is 662. The second-order valence-electron chi connectivity index (χ2n) is 5.20. The number of methoxy groups -OCH3 is 1. The third-order valence-electron chi connectivity index (χ3n) is 3.80. The molecule has 2 rings (SSSR count). The molecule has 0 aromatic heterocycles. The second kappa shape index (κ2) is 6.59. The van der Waals surface area contributed by atoms with E-state index in [0.29, 0.717) is 19.6 Å². The van der Waals surface area contributed by atoms with Gasteiger partial charge >= 0.3 is 5.69 Å². The van der Waals surface area contributed by atoms with Crippen molar-refractivity contribution in [3.05, 3.63) is 28.3 Å². The first kappa shape index (κ1) is 16.7. The van der Waals surface area contributed by atoms with E-state index < -0.39 is 14.9 Å². The van der Waals surface area contributed by atoms with Gasteiger partial charge in [0.1, 0.15) is 0 Å². The molecule has 1 unspecified atom stereocenters. The zero-order valence-corrected chi connectivity index (χ0v) is 13.1. The minimum absolute atomic E-state index is 0.0300.